The summed E-state index contributed by atoms with van der Waals surface area (Å²) in [4.78, 5) is 0. The third kappa shape index (κ3) is 5.17. The van der Waals surface area contributed by atoms with Gasteiger partial charge in [-0.1, -0.05) is 23.2 Å². The molecule has 0 bridgehead atoms. The molecule has 0 unspecified atom stereocenters. The van der Waals surface area contributed by atoms with Gasteiger partial charge < -0.3 is 5.11 Å². The fraction of sp³-hybridized carbons (Fsp3) is 0.333. The Kier molecular flexibility index (Phi) is 7.09. The number of hydrogen-bond acceptors (Lipinski definition) is 5. The Labute approximate surface area is 131 Å². The molecule has 20 heavy (non-hydrogen) atoms. The van der Waals surface area contributed by atoms with Gasteiger partial charge in [-0.15, -0.1) is 21.8 Å². The number of aliphatic hydroxyl groups is 1. The van der Waals surface area contributed by atoms with Crippen molar-refractivity contribution in [2.45, 2.75) is 26.3 Å². The average molecular weight is 336 g/mol. The van der Waals surface area contributed by atoms with Crippen LogP contribution in [0.1, 0.15) is 22.5 Å². The number of alkyl halides is 1. The Morgan fingerprint density at radius 1 is 0.900 bits per heavy atom. The minimum atomic E-state index is -0.0406. The first-order chi connectivity index (χ1) is 9.47. The monoisotopic (exact) mass is 334 g/mol. The summed E-state index contributed by atoms with van der Waals surface area (Å²) in [6, 6.07) is 3.32. The molecule has 5 nitrogen and oxygen atoms in total. The molecule has 0 aliphatic rings. The first kappa shape index (κ1) is 17.0. The minimum absolute atomic E-state index is 0.0406. The second kappa shape index (κ2) is 8.32. The molecule has 0 atom stereocenters. The van der Waals surface area contributed by atoms with Crippen LogP contribution in [-0.4, -0.2) is 25.5 Å². The van der Waals surface area contributed by atoms with E-state index in [1.807, 2.05) is 6.92 Å². The molecule has 0 spiro atoms. The van der Waals surface area contributed by atoms with Crippen molar-refractivity contribution < 1.29 is 5.11 Å². The third-order valence-corrected chi connectivity index (χ3v) is 3.08. The van der Waals surface area contributed by atoms with Crippen molar-refractivity contribution in [3.63, 3.8) is 0 Å². The molecule has 108 valence electrons. The van der Waals surface area contributed by atoms with E-state index in [1.165, 1.54) is 0 Å². The van der Waals surface area contributed by atoms with Crippen LogP contribution in [0.5, 0.6) is 0 Å². The summed E-state index contributed by atoms with van der Waals surface area (Å²) in [5.41, 5.74) is 3.20. The van der Waals surface area contributed by atoms with Gasteiger partial charge in [0.25, 0.3) is 0 Å². The standard InChI is InChI=1S/C6H6Cl2N2.C6H7ClN2O/c1-4-5(3-7)2-6(8)10-9-4;1-4-5(3-10)2-6(7)9-8-4/h2H,3H2,1H3;2,10H,3H2,1H3. The van der Waals surface area contributed by atoms with Gasteiger partial charge in [-0.3, -0.25) is 0 Å². The van der Waals surface area contributed by atoms with Gasteiger partial charge in [0.1, 0.15) is 0 Å². The van der Waals surface area contributed by atoms with E-state index in [0.29, 0.717) is 21.9 Å². The van der Waals surface area contributed by atoms with Crippen LogP contribution in [0.25, 0.3) is 0 Å². The summed E-state index contributed by atoms with van der Waals surface area (Å²) in [5.74, 6) is 0.432. The quantitative estimate of drug-likeness (QED) is 0.854. The average Bonchev–Trinajstić information content (AvgIpc) is 2.44. The molecule has 1 N–H and O–H groups in total. The molecule has 2 heterocycles. The lowest BCUT2D eigenvalue weighted by atomic mass is 10.2. The lowest BCUT2D eigenvalue weighted by Crippen LogP contribution is -1.94. The van der Waals surface area contributed by atoms with Crippen molar-refractivity contribution in [3.05, 3.63) is 45.0 Å². The van der Waals surface area contributed by atoms with Gasteiger partial charge >= 0.3 is 0 Å². The molecule has 0 amide bonds. The normalized spacial score (nSPS) is 9.90. The van der Waals surface area contributed by atoms with Crippen molar-refractivity contribution in [2.75, 3.05) is 0 Å². The number of nitrogens with zero attached hydrogens (tertiary/aromatic N) is 4. The lowest BCUT2D eigenvalue weighted by Gasteiger charge is -1.98. The van der Waals surface area contributed by atoms with Crippen LogP contribution < -0.4 is 0 Å². The van der Waals surface area contributed by atoms with Crippen molar-refractivity contribution in [3.8, 4) is 0 Å². The summed E-state index contributed by atoms with van der Waals surface area (Å²) >= 11 is 16.7. The predicted molar refractivity (Wildman–Crippen MR) is 79.0 cm³/mol. The third-order valence-electron chi connectivity index (χ3n) is 2.42. The highest BCUT2D eigenvalue weighted by Gasteiger charge is 1.99. The summed E-state index contributed by atoms with van der Waals surface area (Å²) in [5, 5.41) is 24.1. The summed E-state index contributed by atoms with van der Waals surface area (Å²) in [6.07, 6.45) is 0. The molecule has 0 aliphatic heterocycles. The van der Waals surface area contributed by atoms with Crippen LogP contribution in [0.2, 0.25) is 10.3 Å². The van der Waals surface area contributed by atoms with Gasteiger partial charge in [0.15, 0.2) is 10.3 Å². The molecule has 8 heteroatoms. The second-order valence-corrected chi connectivity index (χ2v) is 4.89. The van der Waals surface area contributed by atoms with E-state index >= 15 is 0 Å². The van der Waals surface area contributed by atoms with Gasteiger partial charge in [0.2, 0.25) is 0 Å². The van der Waals surface area contributed by atoms with Crippen LogP contribution in [0.3, 0.4) is 0 Å². The highest BCUT2D eigenvalue weighted by atomic mass is 35.5. The zero-order valence-corrected chi connectivity index (χ0v) is 13.2. The van der Waals surface area contributed by atoms with Crippen molar-refractivity contribution >= 4 is 34.8 Å². The van der Waals surface area contributed by atoms with Crippen LogP contribution in [-0.2, 0) is 12.5 Å². The van der Waals surface area contributed by atoms with E-state index in [9.17, 15) is 0 Å². The second-order valence-electron chi connectivity index (χ2n) is 3.85. The number of hydrogen-bond donors (Lipinski definition) is 1. The Bertz CT molecular complexity index is 529. The van der Waals surface area contributed by atoms with E-state index in [1.54, 1.807) is 19.1 Å². The summed E-state index contributed by atoms with van der Waals surface area (Å²) in [6.45, 7) is 3.58. The minimum Gasteiger partial charge on any atom is -0.392 e. The molecule has 2 rings (SSSR count). The largest absolute Gasteiger partial charge is 0.392 e. The van der Waals surface area contributed by atoms with E-state index in [4.69, 9.17) is 39.9 Å². The Balaban J connectivity index is 0.000000200. The molecule has 0 saturated carbocycles. The maximum Gasteiger partial charge on any atom is 0.152 e. The zero-order valence-electron chi connectivity index (χ0n) is 10.9. The topological polar surface area (TPSA) is 71.8 Å². The van der Waals surface area contributed by atoms with Gasteiger partial charge in [0, 0.05) is 11.4 Å². The molecule has 0 radical (unpaired) electrons. The van der Waals surface area contributed by atoms with Crippen molar-refractivity contribution in [1.29, 1.82) is 0 Å². The number of aromatic nitrogens is 4. The molecule has 0 aromatic carbocycles. The number of aliphatic hydroxyl groups excluding tert-OH is 1. The maximum absolute atomic E-state index is 8.72. The SMILES string of the molecule is Cc1nnc(Cl)cc1CCl.Cc1nnc(Cl)cc1CO. The van der Waals surface area contributed by atoms with E-state index in [0.717, 1.165) is 16.8 Å². The first-order valence-electron chi connectivity index (χ1n) is 5.62. The molecular formula is C12H13Cl3N4O. The van der Waals surface area contributed by atoms with E-state index in [-0.39, 0.29) is 6.61 Å². The van der Waals surface area contributed by atoms with E-state index < -0.39 is 0 Å². The zero-order chi connectivity index (χ0) is 15.1. The molecule has 2 aromatic rings. The van der Waals surface area contributed by atoms with Crippen LogP contribution >= 0.6 is 34.8 Å². The Morgan fingerprint density at radius 3 is 1.70 bits per heavy atom. The van der Waals surface area contributed by atoms with Crippen LogP contribution in [0.4, 0.5) is 0 Å². The van der Waals surface area contributed by atoms with E-state index in [2.05, 4.69) is 20.4 Å². The van der Waals surface area contributed by atoms with Crippen molar-refractivity contribution in [1.82, 2.24) is 20.4 Å². The fourth-order valence-corrected chi connectivity index (χ4v) is 1.83. The molecule has 0 fully saturated rings. The van der Waals surface area contributed by atoms with Gasteiger partial charge in [-0.2, -0.15) is 10.2 Å². The fourth-order valence-electron chi connectivity index (χ4n) is 1.22. The highest BCUT2D eigenvalue weighted by Crippen LogP contribution is 2.11. The highest BCUT2D eigenvalue weighted by molar-refractivity contribution is 6.29. The smallest absolute Gasteiger partial charge is 0.152 e. The molecule has 0 aliphatic carbocycles. The molecule has 0 saturated heterocycles. The van der Waals surface area contributed by atoms with Crippen LogP contribution in [0.15, 0.2) is 12.1 Å². The Morgan fingerprint density at radius 2 is 1.35 bits per heavy atom. The van der Waals surface area contributed by atoms with Crippen molar-refractivity contribution in [2.24, 2.45) is 0 Å². The lowest BCUT2D eigenvalue weighted by molar-refractivity contribution is 0.280. The van der Waals surface area contributed by atoms with Gasteiger partial charge in [-0.25, -0.2) is 0 Å². The summed E-state index contributed by atoms with van der Waals surface area (Å²) in [7, 11) is 0. The van der Waals surface area contributed by atoms with Gasteiger partial charge in [-0.05, 0) is 31.5 Å². The number of aryl methyl sites for hydroxylation is 2. The first-order valence-corrected chi connectivity index (χ1v) is 6.91. The summed E-state index contributed by atoms with van der Waals surface area (Å²) < 4.78 is 0. The predicted octanol–water partition coefficient (Wildman–Crippen LogP) is 3.11. The maximum atomic E-state index is 8.72. The number of rotatable bonds is 2. The number of halogens is 3. The molecular weight excluding hydrogens is 323 g/mol. The van der Waals surface area contributed by atoms with Crippen LogP contribution in [0, 0.1) is 13.8 Å². The van der Waals surface area contributed by atoms with Gasteiger partial charge in [0.05, 0.1) is 18.0 Å². The molecule has 2 aromatic heterocycles. The Hall–Kier alpha value is -1.01.